The van der Waals surface area contributed by atoms with E-state index in [1.54, 1.807) is 7.11 Å². The zero-order valence-electron chi connectivity index (χ0n) is 26.4. The Morgan fingerprint density at radius 1 is 0.440 bits per heavy atom. The fourth-order valence-corrected chi connectivity index (χ4v) is 6.39. The Morgan fingerprint density at radius 3 is 1.06 bits per heavy atom. The molecule has 8 bridgehead atoms. The van der Waals surface area contributed by atoms with E-state index in [1.165, 1.54) is 0 Å². The summed E-state index contributed by atoms with van der Waals surface area (Å²) in [7, 11) is 1.63. The van der Waals surface area contributed by atoms with E-state index >= 15 is 0 Å². The van der Waals surface area contributed by atoms with Crippen molar-refractivity contribution in [2.24, 2.45) is 0 Å². The molecule has 2 aliphatic heterocycles. The number of H-pyrrole nitrogens is 2. The van der Waals surface area contributed by atoms with Gasteiger partial charge in [-0.05, 0) is 0 Å². The molecule has 10 rings (SSSR count). The third kappa shape index (κ3) is 5.13. The average Bonchev–Trinajstić information content (AvgIpc) is 3.91. The van der Waals surface area contributed by atoms with Gasteiger partial charge in [0.2, 0.25) is 0 Å². The van der Waals surface area contributed by atoms with Crippen LogP contribution in [0, 0.1) is 0 Å². The number of anilines is 1. The van der Waals surface area contributed by atoms with E-state index in [4.69, 9.17) is 50.9 Å². The van der Waals surface area contributed by atoms with Gasteiger partial charge >= 0.3 is 68.1 Å². The number of benzene rings is 5. The van der Waals surface area contributed by atoms with Gasteiger partial charge in [0.15, 0.2) is 23.3 Å². The first-order valence-corrected chi connectivity index (χ1v) is 16.3. The van der Waals surface area contributed by atoms with Crippen molar-refractivity contribution in [1.82, 2.24) is 39.9 Å². The fourth-order valence-electron chi connectivity index (χ4n) is 6.23. The van der Waals surface area contributed by atoms with E-state index in [-0.39, 0.29) is 0 Å². The first-order valence-electron chi connectivity index (χ1n) is 15.8. The second kappa shape index (κ2) is 12.2. The molecule has 0 aliphatic carbocycles. The van der Waals surface area contributed by atoms with Gasteiger partial charge in [0.05, 0.1) is 0 Å². The topological polar surface area (TPSA) is 130 Å². The zero-order chi connectivity index (χ0) is 33.6. The zero-order valence-corrected chi connectivity index (χ0v) is 27.4. The Labute approximate surface area is 293 Å². The van der Waals surface area contributed by atoms with E-state index in [9.17, 15) is 0 Å². The number of hydrogen-bond acceptors (Lipinski definition) is 8. The SMILES string of the molecule is COc1ccc([NH][Cu])cc1.c1ccc2c(c1)-c1nc-2nc2[nH]c(nc3nc(nc4[nH]c(n1)c1ccccc41)-c1ccccc1-3)c1ccccc21. The summed E-state index contributed by atoms with van der Waals surface area (Å²) in [5.74, 6) is 3.23. The molecule has 11 heteroatoms. The van der Waals surface area contributed by atoms with Gasteiger partial charge in [-0.3, -0.25) is 0 Å². The Hall–Kier alpha value is -6.42. The minimum absolute atomic E-state index is 0.597. The van der Waals surface area contributed by atoms with Crippen LogP contribution in [0.15, 0.2) is 121 Å². The second-order valence-electron chi connectivity index (χ2n) is 11.6. The molecule has 3 N–H and O–H groups in total. The largest absolute Gasteiger partial charge is 0.324 e. The first kappa shape index (κ1) is 29.7. The molecule has 2 aliphatic rings. The molecular formula is C39H26CuN9O. The number of methoxy groups -OCH3 is 1. The molecule has 8 aromatic rings. The number of ether oxygens (including phenoxy) is 1. The van der Waals surface area contributed by atoms with Gasteiger partial charge in [0, 0.05) is 43.8 Å². The maximum Gasteiger partial charge on any atom is 0.164 e. The van der Waals surface area contributed by atoms with Gasteiger partial charge in [-0.15, -0.1) is 0 Å². The molecule has 0 saturated carbocycles. The molecule has 0 unspecified atom stereocenters. The monoisotopic (exact) mass is 699 g/mol. The molecule has 244 valence electrons. The molecule has 10 nitrogen and oxygen atoms in total. The van der Waals surface area contributed by atoms with Crippen LogP contribution in [0.4, 0.5) is 5.69 Å². The van der Waals surface area contributed by atoms with Crippen molar-refractivity contribution >= 4 is 49.8 Å². The number of nitrogens with one attached hydrogen (secondary N) is 3. The normalized spacial score (nSPS) is 11.4. The molecule has 5 heterocycles. The maximum absolute atomic E-state index is 5.02. The van der Waals surface area contributed by atoms with Crippen LogP contribution in [-0.4, -0.2) is 47.0 Å². The molecule has 3 aromatic heterocycles. The molecule has 5 aromatic carbocycles. The third-order valence-corrected chi connectivity index (χ3v) is 8.91. The van der Waals surface area contributed by atoms with E-state index in [0.717, 1.165) is 55.2 Å². The predicted molar refractivity (Wildman–Crippen MR) is 193 cm³/mol. The minimum atomic E-state index is 0.597. The Balaban J connectivity index is 0.000000293. The number of nitrogens with zero attached hydrogens (tertiary/aromatic N) is 6. The smallest absolute Gasteiger partial charge is 0.164 e. The maximum atomic E-state index is 5.02. The van der Waals surface area contributed by atoms with Crippen molar-refractivity contribution in [3.63, 3.8) is 0 Å². The summed E-state index contributed by atoms with van der Waals surface area (Å²) in [6, 6.07) is 39.7. The van der Waals surface area contributed by atoms with Crippen molar-refractivity contribution in [1.29, 1.82) is 0 Å². The van der Waals surface area contributed by atoms with E-state index in [0.29, 0.717) is 45.9 Å². The summed E-state index contributed by atoms with van der Waals surface area (Å²) < 4.78 is 7.54. The average molecular weight is 700 g/mol. The number of aromatic amines is 2. The Morgan fingerprint density at radius 2 is 0.760 bits per heavy atom. The Bertz CT molecular complexity index is 2410. The predicted octanol–water partition coefficient (Wildman–Crippen LogP) is 8.44. The first-order chi connectivity index (χ1) is 24.7. The van der Waals surface area contributed by atoms with Crippen molar-refractivity contribution in [3.8, 4) is 51.3 Å². The molecule has 50 heavy (non-hydrogen) atoms. The quantitative estimate of drug-likeness (QED) is 0.153. The van der Waals surface area contributed by atoms with E-state index < -0.39 is 0 Å². The summed E-state index contributed by atoms with van der Waals surface area (Å²) in [5, 5.41) is 3.82. The van der Waals surface area contributed by atoms with Gasteiger partial charge < -0.3 is 9.97 Å². The molecule has 0 spiro atoms. The van der Waals surface area contributed by atoms with Gasteiger partial charge in [-0.2, -0.15) is 0 Å². The van der Waals surface area contributed by atoms with E-state index in [1.807, 2.05) is 121 Å². The van der Waals surface area contributed by atoms with Gasteiger partial charge in [-0.25, -0.2) is 29.9 Å². The van der Waals surface area contributed by atoms with Crippen LogP contribution >= 0.6 is 0 Å². The summed E-state index contributed by atoms with van der Waals surface area (Å²) in [4.78, 5) is 36.8. The summed E-state index contributed by atoms with van der Waals surface area (Å²) in [6.07, 6.45) is 0. The molecule has 0 radical (unpaired) electrons. The van der Waals surface area contributed by atoms with Gasteiger partial charge in [-0.1, -0.05) is 97.1 Å². The van der Waals surface area contributed by atoms with Crippen LogP contribution in [0.3, 0.4) is 0 Å². The van der Waals surface area contributed by atoms with Crippen molar-refractivity contribution in [2.75, 3.05) is 11.4 Å². The molecule has 0 fully saturated rings. The second-order valence-corrected chi connectivity index (χ2v) is 11.8. The van der Waals surface area contributed by atoms with Gasteiger partial charge in [0.1, 0.15) is 22.6 Å². The summed E-state index contributed by atoms with van der Waals surface area (Å²) in [6.45, 7) is 0. The molecular weight excluding hydrogens is 674 g/mol. The number of fused-ring (bicyclic) bond motifs is 20. The van der Waals surface area contributed by atoms with Gasteiger partial charge in [0.25, 0.3) is 0 Å². The number of rotatable bonds is 2. The van der Waals surface area contributed by atoms with Crippen molar-refractivity contribution in [3.05, 3.63) is 121 Å². The van der Waals surface area contributed by atoms with Crippen LogP contribution in [0.1, 0.15) is 0 Å². The number of hydrogen-bond donors (Lipinski definition) is 3. The van der Waals surface area contributed by atoms with Crippen molar-refractivity contribution < 1.29 is 21.0 Å². The summed E-state index contributed by atoms with van der Waals surface area (Å²) in [5.41, 5.74) is 7.35. The minimum Gasteiger partial charge on any atom is -0.324 e. The fraction of sp³-hybridized carbons (Fsp3) is 0.0256. The van der Waals surface area contributed by atoms with Crippen LogP contribution in [0.5, 0.6) is 5.75 Å². The van der Waals surface area contributed by atoms with E-state index in [2.05, 4.69) is 14.3 Å². The standard InChI is InChI=1S/C32H18N8.C7H8NO.Cu/c1-2-10-18-17(9-1)25-33-26(18)38-28-21-13-5-6-14-22(21)30(35-28)40-32-24-16-8-7-15-23(24)31(36-32)39-29-20-12-4-3-11-19(20)27(34-29)37-25;1-9-7-4-2-6(8)3-5-7;/h1-16H,(H2,33,34,35,36,37,38,39,40);2-5,8H,1H3;/q;-1;+1. The number of aromatic nitrogens is 8. The molecule has 0 atom stereocenters. The van der Waals surface area contributed by atoms with Crippen LogP contribution in [-0.2, 0) is 16.2 Å². The van der Waals surface area contributed by atoms with Crippen LogP contribution in [0.2, 0.25) is 0 Å². The summed E-state index contributed by atoms with van der Waals surface area (Å²) >= 11 is 4.74. The Kier molecular flexibility index (Phi) is 7.26. The molecule has 0 saturated heterocycles. The van der Waals surface area contributed by atoms with Crippen molar-refractivity contribution in [2.45, 2.75) is 0 Å². The third-order valence-electron chi connectivity index (χ3n) is 8.64. The van der Waals surface area contributed by atoms with Crippen LogP contribution < -0.4 is 9.07 Å². The van der Waals surface area contributed by atoms with Crippen LogP contribution in [0.25, 0.3) is 89.7 Å². The molecule has 0 amide bonds.